The number of ether oxygens (including phenoxy) is 1. The Bertz CT molecular complexity index is 1990. The first-order valence-corrected chi connectivity index (χ1v) is 18.9. The zero-order valence-electron chi connectivity index (χ0n) is 29.2. The first-order valence-electron chi connectivity index (χ1n) is 18.5. The van der Waals surface area contributed by atoms with Crippen LogP contribution in [0.2, 0.25) is 5.02 Å². The number of rotatable bonds is 7. The summed E-state index contributed by atoms with van der Waals surface area (Å²) in [6.07, 6.45) is 4.79. The van der Waals surface area contributed by atoms with Crippen molar-refractivity contribution in [2.75, 3.05) is 64.6 Å². The topological polar surface area (TPSA) is 133 Å². The minimum atomic E-state index is -1.00. The highest BCUT2D eigenvalue weighted by Gasteiger charge is 2.40. The highest BCUT2D eigenvalue weighted by molar-refractivity contribution is 6.33. The molecule has 5 saturated heterocycles. The number of likely N-dealkylation sites (tertiary alicyclic amines) is 1. The third-order valence-corrected chi connectivity index (χ3v) is 12.2. The lowest BCUT2D eigenvalue weighted by atomic mass is 9.83. The predicted molar refractivity (Wildman–Crippen MR) is 198 cm³/mol. The number of H-pyrrole nitrogens is 1. The Morgan fingerprint density at radius 3 is 2.45 bits per heavy atom. The molecule has 2 atom stereocenters. The molecule has 5 aliphatic rings. The van der Waals surface area contributed by atoms with E-state index in [2.05, 4.69) is 19.8 Å². The molecule has 13 heteroatoms. The number of pyridine rings is 1. The van der Waals surface area contributed by atoms with E-state index in [1.54, 1.807) is 21.7 Å². The van der Waals surface area contributed by atoms with Crippen LogP contribution < -0.4 is 11.4 Å². The first kappa shape index (κ1) is 34.0. The van der Waals surface area contributed by atoms with Crippen LogP contribution >= 0.6 is 11.6 Å². The molecule has 5 aliphatic heterocycles. The number of piperidine rings is 4. The molecule has 5 fully saturated rings. The number of nitrogens with zero attached hydrogens (tertiary/aromatic N) is 6. The molecule has 4 aromatic rings. The van der Waals surface area contributed by atoms with E-state index in [0.29, 0.717) is 62.2 Å². The molecule has 0 aliphatic carbocycles. The maximum Gasteiger partial charge on any atom is 0.410 e. The van der Waals surface area contributed by atoms with Crippen molar-refractivity contribution in [2.24, 2.45) is 5.92 Å². The van der Waals surface area contributed by atoms with Crippen LogP contribution in [0, 0.1) is 5.92 Å². The Labute approximate surface area is 302 Å². The summed E-state index contributed by atoms with van der Waals surface area (Å²) in [7, 11) is 0. The van der Waals surface area contributed by atoms with Gasteiger partial charge in [-0.2, -0.15) is 0 Å². The third-order valence-electron chi connectivity index (χ3n) is 11.9. The van der Waals surface area contributed by atoms with E-state index in [1.165, 1.54) is 25.9 Å². The molecule has 1 unspecified atom stereocenters. The maximum absolute atomic E-state index is 14.2. The SMILES string of the molecule is CCc1cc(C[C@@H](OC(=O)N2CCC(n3c(=O)[nH]c4c5ccccc5ncc43)CC2)C(=O)N2CCN(C3CN4CCC3CC4)CC2)cc(Cl)c1N. The number of hydrogen-bond donors (Lipinski definition) is 2. The third kappa shape index (κ3) is 6.58. The summed E-state index contributed by atoms with van der Waals surface area (Å²) in [5, 5.41) is 1.34. The van der Waals surface area contributed by atoms with Gasteiger partial charge in [0.15, 0.2) is 6.10 Å². The fraction of sp³-hybridized carbons (Fsp3) is 0.526. The van der Waals surface area contributed by atoms with E-state index in [-0.39, 0.29) is 24.1 Å². The molecule has 0 saturated carbocycles. The van der Waals surface area contributed by atoms with Crippen LogP contribution in [0.15, 0.2) is 47.4 Å². The van der Waals surface area contributed by atoms with Crippen LogP contribution in [-0.4, -0.2) is 117 Å². The number of para-hydroxylation sites is 1. The Hall–Kier alpha value is -4.13. The smallest absolute Gasteiger partial charge is 0.410 e. The number of amides is 2. The zero-order valence-corrected chi connectivity index (χ0v) is 30.0. The van der Waals surface area contributed by atoms with Gasteiger partial charge in [0.2, 0.25) is 0 Å². The number of nitrogen functional groups attached to an aromatic ring is 1. The lowest BCUT2D eigenvalue weighted by Gasteiger charge is -2.51. The summed E-state index contributed by atoms with van der Waals surface area (Å²) in [4.78, 5) is 57.4. The van der Waals surface area contributed by atoms with Crippen LogP contribution in [0.5, 0.6) is 0 Å². The molecular formula is C38H47ClN8O4. The van der Waals surface area contributed by atoms with Gasteiger partial charge in [-0.25, -0.2) is 9.59 Å². The number of carbonyl (C=O) groups is 2. The molecular weight excluding hydrogens is 668 g/mol. The molecule has 9 rings (SSSR count). The van der Waals surface area contributed by atoms with Gasteiger partial charge >= 0.3 is 11.8 Å². The fourth-order valence-electron chi connectivity index (χ4n) is 8.95. The molecule has 12 nitrogen and oxygen atoms in total. The van der Waals surface area contributed by atoms with Crippen molar-refractivity contribution >= 4 is 51.2 Å². The van der Waals surface area contributed by atoms with Crippen LogP contribution in [0.3, 0.4) is 0 Å². The number of halogens is 1. The van der Waals surface area contributed by atoms with Gasteiger partial charge in [0.1, 0.15) is 0 Å². The average Bonchev–Trinajstić information content (AvgIpc) is 3.52. The first-order chi connectivity index (χ1) is 24.8. The van der Waals surface area contributed by atoms with Gasteiger partial charge in [-0.15, -0.1) is 0 Å². The number of anilines is 1. The van der Waals surface area contributed by atoms with Crippen molar-refractivity contribution in [3.8, 4) is 0 Å². The second-order valence-electron chi connectivity index (χ2n) is 14.7. The second kappa shape index (κ2) is 14.1. The van der Waals surface area contributed by atoms with E-state index >= 15 is 0 Å². The Balaban J connectivity index is 0.959. The van der Waals surface area contributed by atoms with Gasteiger partial charge in [0, 0.05) is 69.7 Å². The van der Waals surface area contributed by atoms with Crippen molar-refractivity contribution < 1.29 is 14.3 Å². The van der Waals surface area contributed by atoms with Gasteiger partial charge in [-0.3, -0.25) is 19.2 Å². The highest BCUT2D eigenvalue weighted by Crippen LogP contribution is 2.33. The van der Waals surface area contributed by atoms with Crippen molar-refractivity contribution in [1.29, 1.82) is 0 Å². The lowest BCUT2D eigenvalue weighted by molar-refractivity contribution is -0.143. The van der Waals surface area contributed by atoms with Gasteiger partial charge in [0.05, 0.1) is 33.5 Å². The number of nitrogens with two attached hydrogens (primary N) is 1. The molecule has 2 bridgehead atoms. The van der Waals surface area contributed by atoms with E-state index < -0.39 is 12.2 Å². The van der Waals surface area contributed by atoms with Crippen LogP contribution in [0.25, 0.3) is 21.9 Å². The number of benzene rings is 2. The fourth-order valence-corrected chi connectivity index (χ4v) is 9.21. The number of aromatic nitrogens is 3. The molecule has 270 valence electrons. The number of carbonyl (C=O) groups excluding carboxylic acids is 2. The molecule has 0 spiro atoms. The zero-order chi connectivity index (χ0) is 35.2. The average molecular weight is 715 g/mol. The van der Waals surface area contributed by atoms with Crippen LogP contribution in [0.1, 0.15) is 49.8 Å². The quantitative estimate of drug-likeness (QED) is 0.271. The van der Waals surface area contributed by atoms with Gasteiger partial charge in [-0.05, 0) is 74.4 Å². The summed E-state index contributed by atoms with van der Waals surface area (Å²) in [5.74, 6) is 0.562. The second-order valence-corrected chi connectivity index (χ2v) is 15.1. The summed E-state index contributed by atoms with van der Waals surface area (Å²) in [5.41, 5.74) is 10.6. The molecule has 2 aromatic heterocycles. The van der Waals surface area contributed by atoms with Crippen molar-refractivity contribution in [3.63, 3.8) is 0 Å². The number of piperazine rings is 1. The van der Waals surface area contributed by atoms with Crippen molar-refractivity contribution in [3.05, 3.63) is 69.2 Å². The summed E-state index contributed by atoms with van der Waals surface area (Å²) < 4.78 is 7.89. The van der Waals surface area contributed by atoms with E-state index in [0.717, 1.165) is 58.6 Å². The van der Waals surface area contributed by atoms with Crippen molar-refractivity contribution in [1.82, 2.24) is 34.1 Å². The van der Waals surface area contributed by atoms with Gasteiger partial charge < -0.3 is 30.2 Å². The summed E-state index contributed by atoms with van der Waals surface area (Å²) >= 11 is 6.51. The Morgan fingerprint density at radius 1 is 1.00 bits per heavy atom. The molecule has 3 N–H and O–H groups in total. The number of aromatic amines is 1. The summed E-state index contributed by atoms with van der Waals surface area (Å²) in [6, 6.07) is 11.9. The highest BCUT2D eigenvalue weighted by atomic mass is 35.5. The molecule has 0 radical (unpaired) electrons. The molecule has 7 heterocycles. The maximum atomic E-state index is 14.2. The number of fused-ring (bicyclic) bond motifs is 6. The van der Waals surface area contributed by atoms with E-state index in [4.69, 9.17) is 22.1 Å². The summed E-state index contributed by atoms with van der Waals surface area (Å²) in [6.45, 7) is 9.19. The number of hydrogen-bond acceptors (Lipinski definition) is 8. The Kier molecular flexibility index (Phi) is 9.41. The van der Waals surface area contributed by atoms with Crippen molar-refractivity contribution in [2.45, 2.75) is 63.6 Å². The molecule has 2 amide bonds. The van der Waals surface area contributed by atoms with Crippen LogP contribution in [0.4, 0.5) is 10.5 Å². The standard InChI is InChI=1S/C38H47ClN8O4/c1-2-25-19-24(20-29(39)34(25)40)21-33(36(48)45-17-15-44(16-18-45)32-23-43-11-7-26(32)8-12-43)51-38(50)46-13-9-27(10-14-46)47-31-22-41-30-6-4-3-5-28(30)35(31)42-37(47)49/h3-6,19-20,22,26-27,32-33H,2,7-18,21,23,40H2,1H3,(H,42,49)/t32?,33-/m1/s1. The Morgan fingerprint density at radius 2 is 1.75 bits per heavy atom. The monoisotopic (exact) mass is 714 g/mol. The normalized spacial score (nSPS) is 23.6. The number of nitrogens with one attached hydrogen (secondary N) is 1. The number of aryl methyl sites for hydroxylation is 1. The lowest BCUT2D eigenvalue weighted by Crippen LogP contribution is -2.62. The van der Waals surface area contributed by atoms with Gasteiger partial charge in [-0.1, -0.05) is 42.8 Å². The largest absolute Gasteiger partial charge is 0.436 e. The van der Waals surface area contributed by atoms with Crippen LogP contribution in [-0.2, 0) is 22.4 Å². The van der Waals surface area contributed by atoms with Gasteiger partial charge in [0.25, 0.3) is 5.91 Å². The molecule has 51 heavy (non-hydrogen) atoms. The molecule has 2 aromatic carbocycles. The predicted octanol–water partition coefficient (Wildman–Crippen LogP) is 4.30. The minimum absolute atomic E-state index is 0.104. The van der Waals surface area contributed by atoms with E-state index in [1.807, 2.05) is 42.2 Å². The number of imidazole rings is 1. The van der Waals surface area contributed by atoms with E-state index in [9.17, 15) is 14.4 Å². The minimum Gasteiger partial charge on any atom is -0.436 e.